The van der Waals surface area contributed by atoms with Gasteiger partial charge in [0, 0.05) is 22.9 Å². The Kier molecular flexibility index (Phi) is 4.86. The number of carbonyl (C=O) groups is 1. The van der Waals surface area contributed by atoms with Gasteiger partial charge in [-0.1, -0.05) is 23.7 Å². The Hall–Kier alpha value is -2.00. The predicted octanol–water partition coefficient (Wildman–Crippen LogP) is 4.64. The zero-order valence-electron chi connectivity index (χ0n) is 12.5. The van der Waals surface area contributed by atoms with E-state index in [-0.39, 0.29) is 5.91 Å². The van der Waals surface area contributed by atoms with E-state index in [2.05, 4.69) is 10.6 Å². The van der Waals surface area contributed by atoms with Crippen molar-refractivity contribution in [2.45, 2.75) is 20.8 Å². The molecule has 0 saturated heterocycles. The molecule has 0 radical (unpaired) electrons. The standard InChI is InChI=1S/C17H19ClN2O/c1-4-19-16-9-8-13(18)10-14(16)17(21)20-15-7-5-6-11(2)12(15)3/h5-10,19H,4H2,1-3H3,(H,20,21). The lowest BCUT2D eigenvalue weighted by Gasteiger charge is -2.14. The van der Waals surface area contributed by atoms with Crippen molar-refractivity contribution >= 4 is 28.9 Å². The van der Waals surface area contributed by atoms with Crippen LogP contribution < -0.4 is 10.6 Å². The maximum absolute atomic E-state index is 12.5. The van der Waals surface area contributed by atoms with Crippen molar-refractivity contribution in [2.24, 2.45) is 0 Å². The van der Waals surface area contributed by atoms with Crippen molar-refractivity contribution in [3.8, 4) is 0 Å². The molecule has 0 aliphatic carbocycles. The lowest BCUT2D eigenvalue weighted by atomic mass is 10.1. The Morgan fingerprint density at radius 2 is 1.90 bits per heavy atom. The van der Waals surface area contributed by atoms with Crippen molar-refractivity contribution in [1.82, 2.24) is 0 Å². The maximum atomic E-state index is 12.5. The SMILES string of the molecule is CCNc1ccc(Cl)cc1C(=O)Nc1cccc(C)c1C. The largest absolute Gasteiger partial charge is 0.385 e. The van der Waals surface area contributed by atoms with Crippen LogP contribution in [0, 0.1) is 13.8 Å². The molecule has 2 aromatic carbocycles. The van der Waals surface area contributed by atoms with Crippen LogP contribution in [-0.4, -0.2) is 12.5 Å². The van der Waals surface area contributed by atoms with Gasteiger partial charge in [0.15, 0.2) is 0 Å². The molecular formula is C17H19ClN2O. The van der Waals surface area contributed by atoms with E-state index in [0.29, 0.717) is 10.6 Å². The Balaban J connectivity index is 2.32. The molecule has 0 aliphatic rings. The molecule has 110 valence electrons. The number of hydrogen-bond acceptors (Lipinski definition) is 2. The average molecular weight is 303 g/mol. The number of anilines is 2. The summed E-state index contributed by atoms with van der Waals surface area (Å²) in [6.07, 6.45) is 0. The van der Waals surface area contributed by atoms with Gasteiger partial charge in [-0.25, -0.2) is 0 Å². The predicted molar refractivity (Wildman–Crippen MR) is 89.5 cm³/mol. The Morgan fingerprint density at radius 3 is 2.62 bits per heavy atom. The minimum absolute atomic E-state index is 0.165. The lowest BCUT2D eigenvalue weighted by Crippen LogP contribution is -2.15. The molecule has 1 amide bonds. The number of amides is 1. The van der Waals surface area contributed by atoms with E-state index in [1.54, 1.807) is 12.1 Å². The highest BCUT2D eigenvalue weighted by Crippen LogP contribution is 2.24. The van der Waals surface area contributed by atoms with Crippen LogP contribution in [0.5, 0.6) is 0 Å². The molecule has 0 aromatic heterocycles. The van der Waals surface area contributed by atoms with Crippen LogP contribution in [0.4, 0.5) is 11.4 Å². The lowest BCUT2D eigenvalue weighted by molar-refractivity contribution is 0.102. The fraction of sp³-hybridized carbons (Fsp3) is 0.235. The molecule has 0 saturated carbocycles. The molecule has 0 spiro atoms. The van der Waals surface area contributed by atoms with Crippen molar-refractivity contribution in [3.63, 3.8) is 0 Å². The Labute approximate surface area is 130 Å². The van der Waals surface area contributed by atoms with Gasteiger partial charge in [-0.05, 0) is 56.2 Å². The molecule has 2 N–H and O–H groups in total. The topological polar surface area (TPSA) is 41.1 Å². The van der Waals surface area contributed by atoms with Crippen LogP contribution in [0.15, 0.2) is 36.4 Å². The third-order valence-corrected chi connectivity index (χ3v) is 3.68. The van der Waals surface area contributed by atoms with E-state index in [4.69, 9.17) is 11.6 Å². The molecule has 2 rings (SSSR count). The first-order valence-corrected chi connectivity index (χ1v) is 7.31. The van der Waals surface area contributed by atoms with Crippen molar-refractivity contribution in [1.29, 1.82) is 0 Å². The number of aryl methyl sites for hydroxylation is 1. The number of carbonyl (C=O) groups excluding carboxylic acids is 1. The maximum Gasteiger partial charge on any atom is 0.257 e. The van der Waals surface area contributed by atoms with Gasteiger partial charge in [0.05, 0.1) is 5.56 Å². The first-order chi connectivity index (χ1) is 10.0. The highest BCUT2D eigenvalue weighted by molar-refractivity contribution is 6.31. The summed E-state index contributed by atoms with van der Waals surface area (Å²) in [6, 6.07) is 11.1. The molecule has 0 aliphatic heterocycles. The van der Waals surface area contributed by atoms with Crippen molar-refractivity contribution < 1.29 is 4.79 Å². The fourth-order valence-corrected chi connectivity index (χ4v) is 2.30. The van der Waals surface area contributed by atoms with E-state index in [1.807, 2.05) is 45.0 Å². The number of nitrogens with one attached hydrogen (secondary N) is 2. The van der Waals surface area contributed by atoms with Gasteiger partial charge in [0.2, 0.25) is 0 Å². The molecular weight excluding hydrogens is 284 g/mol. The summed E-state index contributed by atoms with van der Waals surface area (Å²) in [5, 5.41) is 6.68. The van der Waals surface area contributed by atoms with Crippen LogP contribution in [0.25, 0.3) is 0 Å². The first kappa shape index (κ1) is 15.4. The van der Waals surface area contributed by atoms with Gasteiger partial charge >= 0.3 is 0 Å². The monoisotopic (exact) mass is 302 g/mol. The third-order valence-electron chi connectivity index (χ3n) is 3.45. The summed E-state index contributed by atoms with van der Waals surface area (Å²) < 4.78 is 0. The number of hydrogen-bond donors (Lipinski definition) is 2. The molecule has 0 bridgehead atoms. The second-order valence-corrected chi connectivity index (χ2v) is 5.36. The van der Waals surface area contributed by atoms with Gasteiger partial charge in [-0.2, -0.15) is 0 Å². The quantitative estimate of drug-likeness (QED) is 0.863. The van der Waals surface area contributed by atoms with Gasteiger partial charge in [0.25, 0.3) is 5.91 Å². The zero-order chi connectivity index (χ0) is 15.4. The molecule has 0 atom stereocenters. The van der Waals surface area contributed by atoms with E-state index in [9.17, 15) is 4.79 Å². The van der Waals surface area contributed by atoms with Crippen molar-refractivity contribution in [3.05, 3.63) is 58.1 Å². The molecule has 0 unspecified atom stereocenters. The summed E-state index contributed by atoms with van der Waals surface area (Å²) in [4.78, 5) is 12.5. The smallest absolute Gasteiger partial charge is 0.257 e. The Bertz CT molecular complexity index is 668. The summed E-state index contributed by atoms with van der Waals surface area (Å²) in [7, 11) is 0. The number of benzene rings is 2. The molecule has 2 aromatic rings. The van der Waals surface area contributed by atoms with Gasteiger partial charge in [-0.15, -0.1) is 0 Å². The summed E-state index contributed by atoms with van der Waals surface area (Å²) in [5.74, 6) is -0.165. The normalized spacial score (nSPS) is 10.3. The van der Waals surface area contributed by atoms with E-state index in [0.717, 1.165) is 29.0 Å². The van der Waals surface area contributed by atoms with Crippen LogP contribution in [0.3, 0.4) is 0 Å². The first-order valence-electron chi connectivity index (χ1n) is 6.94. The van der Waals surface area contributed by atoms with Crippen LogP contribution in [0.1, 0.15) is 28.4 Å². The summed E-state index contributed by atoms with van der Waals surface area (Å²) >= 11 is 6.01. The average Bonchev–Trinajstić information content (AvgIpc) is 2.46. The Morgan fingerprint density at radius 1 is 1.14 bits per heavy atom. The minimum atomic E-state index is -0.165. The van der Waals surface area contributed by atoms with Crippen molar-refractivity contribution in [2.75, 3.05) is 17.2 Å². The molecule has 0 heterocycles. The van der Waals surface area contributed by atoms with E-state index >= 15 is 0 Å². The fourth-order valence-electron chi connectivity index (χ4n) is 2.13. The van der Waals surface area contributed by atoms with Crippen LogP contribution in [-0.2, 0) is 0 Å². The second-order valence-electron chi connectivity index (χ2n) is 4.92. The van der Waals surface area contributed by atoms with Crippen LogP contribution in [0.2, 0.25) is 5.02 Å². The third kappa shape index (κ3) is 3.56. The van der Waals surface area contributed by atoms with E-state index in [1.165, 1.54) is 0 Å². The van der Waals surface area contributed by atoms with Gasteiger partial charge in [-0.3, -0.25) is 4.79 Å². The van der Waals surface area contributed by atoms with E-state index < -0.39 is 0 Å². The second kappa shape index (κ2) is 6.64. The molecule has 4 heteroatoms. The molecule has 3 nitrogen and oxygen atoms in total. The van der Waals surface area contributed by atoms with Crippen LogP contribution >= 0.6 is 11.6 Å². The number of halogens is 1. The minimum Gasteiger partial charge on any atom is -0.385 e. The number of rotatable bonds is 4. The summed E-state index contributed by atoms with van der Waals surface area (Å²) in [6.45, 7) is 6.74. The molecule has 0 fully saturated rings. The van der Waals surface area contributed by atoms with Gasteiger partial charge < -0.3 is 10.6 Å². The highest BCUT2D eigenvalue weighted by Gasteiger charge is 2.13. The summed E-state index contributed by atoms with van der Waals surface area (Å²) in [5.41, 5.74) is 4.36. The molecule has 21 heavy (non-hydrogen) atoms. The zero-order valence-corrected chi connectivity index (χ0v) is 13.2. The van der Waals surface area contributed by atoms with Gasteiger partial charge in [0.1, 0.15) is 0 Å². The highest BCUT2D eigenvalue weighted by atomic mass is 35.5.